The fraction of sp³-hybridized carbons (Fsp3) is 0.190. The third-order valence-corrected chi connectivity index (χ3v) is 4.18. The number of benzene rings is 1. The highest BCUT2D eigenvalue weighted by atomic mass is 16.1. The highest BCUT2D eigenvalue weighted by molar-refractivity contribution is 5.90. The van der Waals surface area contributed by atoms with Crippen LogP contribution in [0.2, 0.25) is 0 Å². The fourth-order valence-corrected chi connectivity index (χ4v) is 2.84. The number of hydrogen-bond donors (Lipinski definition) is 0. The Kier molecular flexibility index (Phi) is 5.19. The van der Waals surface area contributed by atoms with Crippen LogP contribution in [-0.4, -0.2) is 29.8 Å². The van der Waals surface area contributed by atoms with Crippen molar-refractivity contribution in [3.63, 3.8) is 0 Å². The minimum Gasteiger partial charge on any atom is -0.378 e. The zero-order valence-corrected chi connectivity index (χ0v) is 14.5. The second-order valence-electron chi connectivity index (χ2n) is 6.17. The van der Waals surface area contributed by atoms with Gasteiger partial charge in [0.1, 0.15) is 0 Å². The lowest BCUT2D eigenvalue weighted by molar-refractivity contribution is -0.119. The summed E-state index contributed by atoms with van der Waals surface area (Å²) in [4.78, 5) is 23.5. The molecule has 1 atom stereocenters. The van der Waals surface area contributed by atoms with Crippen LogP contribution < -0.4 is 4.90 Å². The average Bonchev–Trinajstić information content (AvgIpc) is 2.64. The molecule has 0 aliphatic rings. The van der Waals surface area contributed by atoms with E-state index in [-0.39, 0.29) is 11.7 Å². The number of ketones is 1. The Morgan fingerprint density at radius 3 is 2.28 bits per heavy atom. The number of pyridine rings is 2. The topological polar surface area (TPSA) is 46.1 Å². The van der Waals surface area contributed by atoms with E-state index in [1.54, 1.807) is 18.6 Å². The minimum absolute atomic E-state index is 0.127. The van der Waals surface area contributed by atoms with E-state index in [1.807, 2.05) is 73.6 Å². The number of anilines is 1. The highest BCUT2D eigenvalue weighted by Gasteiger charge is 2.24. The van der Waals surface area contributed by atoms with Gasteiger partial charge >= 0.3 is 0 Å². The van der Waals surface area contributed by atoms with E-state index < -0.39 is 0 Å². The monoisotopic (exact) mass is 331 g/mol. The van der Waals surface area contributed by atoms with E-state index in [0.717, 1.165) is 22.5 Å². The van der Waals surface area contributed by atoms with Gasteiger partial charge in [-0.05, 0) is 47.5 Å². The molecule has 0 saturated heterocycles. The van der Waals surface area contributed by atoms with Gasteiger partial charge in [0.2, 0.25) is 0 Å². The SMILES string of the molecule is CN(C)c1ccc(C(C(=O)Cc2ccncc2)c2ccccn2)cc1. The Morgan fingerprint density at radius 2 is 1.68 bits per heavy atom. The van der Waals surface area contributed by atoms with Crippen LogP contribution in [0.3, 0.4) is 0 Å². The molecule has 4 heteroatoms. The van der Waals surface area contributed by atoms with Gasteiger partial charge in [0.25, 0.3) is 0 Å². The zero-order chi connectivity index (χ0) is 17.6. The number of Topliss-reactive ketones (excluding diaryl/α,β-unsaturated/α-hetero) is 1. The maximum atomic E-state index is 13.1. The lowest BCUT2D eigenvalue weighted by Gasteiger charge is -2.18. The van der Waals surface area contributed by atoms with Crippen LogP contribution in [0.25, 0.3) is 0 Å². The van der Waals surface area contributed by atoms with Crippen LogP contribution >= 0.6 is 0 Å². The van der Waals surface area contributed by atoms with Crippen LogP contribution in [0.15, 0.2) is 73.2 Å². The molecule has 3 rings (SSSR count). The van der Waals surface area contributed by atoms with Crippen LogP contribution in [-0.2, 0) is 11.2 Å². The molecule has 0 bridgehead atoms. The predicted molar refractivity (Wildman–Crippen MR) is 99.8 cm³/mol. The average molecular weight is 331 g/mol. The van der Waals surface area contributed by atoms with Crippen LogP contribution in [0.5, 0.6) is 0 Å². The van der Waals surface area contributed by atoms with Crippen molar-refractivity contribution in [3.8, 4) is 0 Å². The molecular formula is C21H21N3O. The fourth-order valence-electron chi connectivity index (χ4n) is 2.84. The van der Waals surface area contributed by atoms with Crippen molar-refractivity contribution in [3.05, 3.63) is 90.0 Å². The van der Waals surface area contributed by atoms with Crippen molar-refractivity contribution in [1.29, 1.82) is 0 Å². The number of carbonyl (C=O) groups is 1. The van der Waals surface area contributed by atoms with Gasteiger partial charge in [-0.3, -0.25) is 14.8 Å². The first-order valence-electron chi connectivity index (χ1n) is 8.25. The Hall–Kier alpha value is -3.01. The van der Waals surface area contributed by atoms with Gasteiger partial charge in [-0.25, -0.2) is 0 Å². The van der Waals surface area contributed by atoms with Crippen LogP contribution in [0, 0.1) is 0 Å². The molecule has 0 spiro atoms. The standard InChI is InChI=1S/C21H21N3O/c1-24(2)18-8-6-17(7-9-18)21(19-5-3-4-12-23-19)20(25)15-16-10-13-22-14-11-16/h3-14,21H,15H2,1-2H3. The zero-order valence-electron chi connectivity index (χ0n) is 14.5. The lowest BCUT2D eigenvalue weighted by Crippen LogP contribution is -2.18. The Morgan fingerprint density at radius 1 is 0.960 bits per heavy atom. The minimum atomic E-state index is -0.370. The van der Waals surface area contributed by atoms with E-state index in [0.29, 0.717) is 6.42 Å². The first kappa shape index (κ1) is 16.8. The largest absolute Gasteiger partial charge is 0.378 e. The van der Waals surface area contributed by atoms with Gasteiger partial charge in [0.05, 0.1) is 11.6 Å². The summed E-state index contributed by atoms with van der Waals surface area (Å²) in [7, 11) is 4.00. The molecule has 0 aliphatic carbocycles. The smallest absolute Gasteiger partial charge is 0.150 e. The molecule has 3 aromatic rings. The van der Waals surface area contributed by atoms with Gasteiger partial charge in [-0.2, -0.15) is 0 Å². The number of aromatic nitrogens is 2. The normalized spacial score (nSPS) is 11.8. The molecule has 0 N–H and O–H groups in total. The second kappa shape index (κ2) is 7.71. The summed E-state index contributed by atoms with van der Waals surface area (Å²) < 4.78 is 0. The van der Waals surface area contributed by atoms with Gasteiger partial charge in [0, 0.05) is 44.8 Å². The molecule has 2 aromatic heterocycles. The molecule has 126 valence electrons. The summed E-state index contributed by atoms with van der Waals surface area (Å²) in [6.45, 7) is 0. The summed E-state index contributed by atoms with van der Waals surface area (Å²) in [6.07, 6.45) is 5.52. The van der Waals surface area contributed by atoms with E-state index in [1.165, 1.54) is 0 Å². The van der Waals surface area contributed by atoms with Gasteiger partial charge in [-0.15, -0.1) is 0 Å². The van der Waals surface area contributed by atoms with Gasteiger partial charge < -0.3 is 4.90 Å². The van der Waals surface area contributed by atoms with E-state index in [9.17, 15) is 4.79 Å². The molecule has 25 heavy (non-hydrogen) atoms. The summed E-state index contributed by atoms with van der Waals surface area (Å²) in [6, 6.07) is 17.5. The number of rotatable bonds is 6. The molecule has 4 nitrogen and oxygen atoms in total. The molecule has 0 amide bonds. The first-order valence-corrected chi connectivity index (χ1v) is 8.25. The molecule has 0 aliphatic heterocycles. The molecule has 0 radical (unpaired) electrons. The van der Waals surface area contributed by atoms with Crippen molar-refractivity contribution in [2.24, 2.45) is 0 Å². The summed E-state index contributed by atoms with van der Waals surface area (Å²) in [5.41, 5.74) is 3.80. The van der Waals surface area contributed by atoms with Crippen molar-refractivity contribution in [2.45, 2.75) is 12.3 Å². The quantitative estimate of drug-likeness (QED) is 0.694. The van der Waals surface area contributed by atoms with E-state index in [4.69, 9.17) is 0 Å². The van der Waals surface area contributed by atoms with Crippen molar-refractivity contribution < 1.29 is 4.79 Å². The van der Waals surface area contributed by atoms with Crippen LogP contribution in [0.1, 0.15) is 22.7 Å². The molecule has 2 heterocycles. The first-order chi connectivity index (χ1) is 12.1. The number of nitrogens with zero attached hydrogens (tertiary/aromatic N) is 3. The third kappa shape index (κ3) is 4.10. The van der Waals surface area contributed by atoms with E-state index >= 15 is 0 Å². The Labute approximate surface area is 148 Å². The Balaban J connectivity index is 1.94. The maximum absolute atomic E-state index is 13.1. The Bertz CT molecular complexity index is 815. The summed E-state index contributed by atoms with van der Waals surface area (Å²) >= 11 is 0. The molecule has 0 fully saturated rings. The third-order valence-electron chi connectivity index (χ3n) is 4.18. The lowest BCUT2D eigenvalue weighted by atomic mass is 9.88. The van der Waals surface area contributed by atoms with Crippen LogP contribution in [0.4, 0.5) is 5.69 Å². The van der Waals surface area contributed by atoms with Crippen molar-refractivity contribution >= 4 is 11.5 Å². The van der Waals surface area contributed by atoms with Gasteiger partial charge in [0.15, 0.2) is 5.78 Å². The molecule has 0 saturated carbocycles. The number of hydrogen-bond acceptors (Lipinski definition) is 4. The van der Waals surface area contributed by atoms with Crippen molar-refractivity contribution in [2.75, 3.05) is 19.0 Å². The molecule has 1 aromatic carbocycles. The molecular weight excluding hydrogens is 310 g/mol. The highest BCUT2D eigenvalue weighted by Crippen LogP contribution is 2.27. The predicted octanol–water partition coefficient (Wildman–Crippen LogP) is 3.49. The van der Waals surface area contributed by atoms with E-state index in [2.05, 4.69) is 9.97 Å². The van der Waals surface area contributed by atoms with Crippen molar-refractivity contribution in [1.82, 2.24) is 9.97 Å². The summed E-state index contributed by atoms with van der Waals surface area (Å²) in [5, 5.41) is 0. The summed E-state index contributed by atoms with van der Waals surface area (Å²) in [5.74, 6) is -0.243. The second-order valence-corrected chi connectivity index (χ2v) is 6.17. The maximum Gasteiger partial charge on any atom is 0.150 e. The number of carbonyl (C=O) groups excluding carboxylic acids is 1. The molecule has 1 unspecified atom stereocenters. The van der Waals surface area contributed by atoms with Gasteiger partial charge in [-0.1, -0.05) is 18.2 Å².